The molecule has 2 heterocycles. The summed E-state index contributed by atoms with van der Waals surface area (Å²) in [6.07, 6.45) is 11.6. The third-order valence-corrected chi connectivity index (χ3v) is 7.75. The number of phenolic OH excluding ortho intramolecular Hbond substituents is 1. The number of hydrogen-bond donors (Lipinski definition) is 2. The number of nitrogens with one attached hydrogen (secondary N) is 1. The Kier molecular flexibility index (Phi) is 9.80. The highest BCUT2D eigenvalue weighted by atomic mass is 35.5. The van der Waals surface area contributed by atoms with Crippen LogP contribution in [-0.2, 0) is 4.79 Å². The molecule has 1 atom stereocenters. The summed E-state index contributed by atoms with van der Waals surface area (Å²) in [6.45, 7) is 1.13. The van der Waals surface area contributed by atoms with Gasteiger partial charge in [-0.2, -0.15) is 0 Å². The number of halogens is 2. The SMILES string of the molecule is CN(C)C(=O)[C@@H]1CCCCN1C1CCCCC1.COc1cc2ncnc(Nc3cccc(Cl)c3F)c2cc1O. The van der Waals surface area contributed by atoms with Gasteiger partial charge in [0.15, 0.2) is 17.3 Å². The van der Waals surface area contributed by atoms with Gasteiger partial charge in [0, 0.05) is 31.6 Å². The van der Waals surface area contributed by atoms with E-state index in [2.05, 4.69) is 20.2 Å². The number of rotatable bonds is 5. The molecule has 3 aromatic rings. The maximum Gasteiger partial charge on any atom is 0.239 e. The summed E-state index contributed by atoms with van der Waals surface area (Å²) in [7, 11) is 5.22. The molecule has 2 aromatic carbocycles. The molecule has 0 radical (unpaired) electrons. The van der Waals surface area contributed by atoms with E-state index in [1.54, 1.807) is 23.1 Å². The fraction of sp³-hybridized carbons (Fsp3) is 0.483. The van der Waals surface area contributed by atoms with E-state index in [9.17, 15) is 14.3 Å². The van der Waals surface area contributed by atoms with Crippen molar-refractivity contribution in [3.8, 4) is 11.5 Å². The first-order valence-electron chi connectivity index (χ1n) is 13.5. The van der Waals surface area contributed by atoms with Gasteiger partial charge in [0.05, 0.1) is 29.4 Å². The zero-order chi connectivity index (χ0) is 27.9. The molecule has 0 bridgehead atoms. The lowest BCUT2D eigenvalue weighted by atomic mass is 9.90. The molecule has 1 aromatic heterocycles. The Bertz CT molecular complexity index is 1290. The standard InChI is InChI=1S/C15H11ClFN3O2.C14H26N2O/c1-22-13-6-11-8(5-12(13)21)15(19-7-18-11)20-10-4-2-3-9(16)14(10)17;1-15(2)14(17)13-10-6-7-11-16(13)12-8-4-3-5-9-12/h2-7,21H,1H3,(H,18,19,20);12-13H,3-11H2,1-2H3/t;13-/m.0/s1. The number of nitrogens with zero attached hydrogens (tertiary/aromatic N) is 4. The van der Waals surface area contributed by atoms with Gasteiger partial charge in [0.1, 0.15) is 12.1 Å². The summed E-state index contributed by atoms with van der Waals surface area (Å²) >= 11 is 5.76. The average Bonchev–Trinajstić information content (AvgIpc) is 2.96. The quantitative estimate of drug-likeness (QED) is 0.389. The van der Waals surface area contributed by atoms with Crippen LogP contribution in [0.3, 0.4) is 0 Å². The number of phenols is 1. The third kappa shape index (κ3) is 6.89. The highest BCUT2D eigenvalue weighted by molar-refractivity contribution is 6.31. The van der Waals surface area contributed by atoms with Crippen LogP contribution in [0.15, 0.2) is 36.7 Å². The largest absolute Gasteiger partial charge is 0.504 e. The molecule has 8 nitrogen and oxygen atoms in total. The fourth-order valence-electron chi connectivity index (χ4n) is 5.43. The molecule has 1 aliphatic carbocycles. The second kappa shape index (κ2) is 13.3. The molecule has 1 saturated heterocycles. The van der Waals surface area contributed by atoms with Gasteiger partial charge >= 0.3 is 0 Å². The van der Waals surface area contributed by atoms with E-state index < -0.39 is 5.82 Å². The second-order valence-corrected chi connectivity index (χ2v) is 10.7. The van der Waals surface area contributed by atoms with E-state index in [0.717, 1.165) is 13.0 Å². The number of piperidine rings is 1. The maximum absolute atomic E-state index is 14.0. The number of benzene rings is 2. The van der Waals surface area contributed by atoms with Crippen molar-refractivity contribution in [3.05, 3.63) is 47.5 Å². The summed E-state index contributed by atoms with van der Waals surface area (Å²) < 4.78 is 19.0. The number of ether oxygens (including phenoxy) is 1. The molecule has 10 heteroatoms. The Hall–Kier alpha value is -3.17. The molecule has 1 saturated carbocycles. The first kappa shape index (κ1) is 28.8. The molecule has 2 aliphatic rings. The molecule has 210 valence electrons. The van der Waals surface area contributed by atoms with E-state index in [-0.39, 0.29) is 22.5 Å². The van der Waals surface area contributed by atoms with Crippen molar-refractivity contribution < 1.29 is 19.0 Å². The molecular weight excluding hydrogens is 521 g/mol. The van der Waals surface area contributed by atoms with Crippen LogP contribution < -0.4 is 10.1 Å². The number of fused-ring (bicyclic) bond motifs is 1. The van der Waals surface area contributed by atoms with Crippen molar-refractivity contribution in [1.29, 1.82) is 0 Å². The van der Waals surface area contributed by atoms with Crippen molar-refractivity contribution in [1.82, 2.24) is 19.8 Å². The van der Waals surface area contributed by atoms with Gasteiger partial charge in [0.2, 0.25) is 5.91 Å². The van der Waals surface area contributed by atoms with Gasteiger partial charge in [-0.3, -0.25) is 9.69 Å². The third-order valence-electron chi connectivity index (χ3n) is 7.45. The van der Waals surface area contributed by atoms with E-state index in [4.69, 9.17) is 16.3 Å². The number of hydrogen-bond acceptors (Lipinski definition) is 7. The number of amides is 1. The number of likely N-dealkylation sites (N-methyl/N-ethyl adjacent to an activating group) is 1. The van der Waals surface area contributed by atoms with Crippen LogP contribution in [0.4, 0.5) is 15.9 Å². The van der Waals surface area contributed by atoms with Gasteiger partial charge < -0.3 is 20.1 Å². The molecule has 5 rings (SSSR count). The van der Waals surface area contributed by atoms with Crippen molar-refractivity contribution >= 4 is 39.9 Å². The molecule has 1 amide bonds. The molecule has 2 fully saturated rings. The van der Waals surface area contributed by atoms with Crippen LogP contribution in [0.1, 0.15) is 51.4 Å². The molecule has 2 N–H and O–H groups in total. The minimum atomic E-state index is -0.575. The Balaban J connectivity index is 0.000000187. The minimum absolute atomic E-state index is 0.00729. The first-order chi connectivity index (χ1) is 18.8. The lowest BCUT2D eigenvalue weighted by Crippen LogP contribution is -2.53. The van der Waals surface area contributed by atoms with Crippen LogP contribution in [0.2, 0.25) is 5.02 Å². The van der Waals surface area contributed by atoms with Gasteiger partial charge in [0.25, 0.3) is 0 Å². The van der Waals surface area contributed by atoms with E-state index >= 15 is 0 Å². The van der Waals surface area contributed by atoms with Crippen LogP contribution in [-0.4, -0.2) is 70.6 Å². The summed E-state index contributed by atoms with van der Waals surface area (Å²) in [5.74, 6) is 0.332. The van der Waals surface area contributed by atoms with Crippen LogP contribution in [0.25, 0.3) is 10.9 Å². The number of carbonyl (C=O) groups is 1. The number of carbonyl (C=O) groups excluding carboxylic acids is 1. The van der Waals surface area contributed by atoms with Crippen molar-refractivity contribution in [2.75, 3.05) is 33.1 Å². The zero-order valence-electron chi connectivity index (χ0n) is 22.8. The molecular formula is C29H37ClFN5O3. The Labute approximate surface area is 234 Å². The maximum atomic E-state index is 14.0. The number of aromatic nitrogens is 2. The van der Waals surface area contributed by atoms with Crippen molar-refractivity contribution in [2.24, 2.45) is 0 Å². The molecule has 0 unspecified atom stereocenters. The summed E-state index contributed by atoms with van der Waals surface area (Å²) in [5, 5.41) is 13.3. The predicted molar refractivity (Wildman–Crippen MR) is 152 cm³/mol. The van der Waals surface area contributed by atoms with Crippen molar-refractivity contribution in [3.63, 3.8) is 0 Å². The minimum Gasteiger partial charge on any atom is -0.504 e. The van der Waals surface area contributed by atoms with Crippen LogP contribution in [0, 0.1) is 5.82 Å². The van der Waals surface area contributed by atoms with Crippen LogP contribution in [0.5, 0.6) is 11.5 Å². The van der Waals surface area contributed by atoms with Crippen LogP contribution >= 0.6 is 11.6 Å². The first-order valence-corrected chi connectivity index (χ1v) is 13.9. The van der Waals surface area contributed by atoms with E-state index in [1.807, 2.05) is 14.1 Å². The fourth-order valence-corrected chi connectivity index (χ4v) is 5.60. The monoisotopic (exact) mass is 557 g/mol. The van der Waals surface area contributed by atoms with Gasteiger partial charge in [-0.25, -0.2) is 14.4 Å². The summed E-state index contributed by atoms with van der Waals surface area (Å²) in [6, 6.07) is 8.50. The number of aromatic hydroxyl groups is 1. The van der Waals surface area contributed by atoms with Crippen molar-refractivity contribution in [2.45, 2.75) is 63.5 Å². The highest BCUT2D eigenvalue weighted by Crippen LogP contribution is 2.34. The number of likely N-dealkylation sites (tertiary alicyclic amines) is 1. The topological polar surface area (TPSA) is 90.8 Å². The Morgan fingerprint density at radius 1 is 1.13 bits per heavy atom. The van der Waals surface area contributed by atoms with Gasteiger partial charge in [-0.05, 0) is 50.4 Å². The average molecular weight is 558 g/mol. The Morgan fingerprint density at radius 3 is 2.59 bits per heavy atom. The molecule has 0 spiro atoms. The van der Waals surface area contributed by atoms with Gasteiger partial charge in [-0.1, -0.05) is 43.4 Å². The smallest absolute Gasteiger partial charge is 0.239 e. The predicted octanol–water partition coefficient (Wildman–Crippen LogP) is 6.14. The highest BCUT2D eigenvalue weighted by Gasteiger charge is 2.34. The normalized spacial score (nSPS) is 18.2. The lowest BCUT2D eigenvalue weighted by molar-refractivity contribution is -0.137. The lowest BCUT2D eigenvalue weighted by Gasteiger charge is -2.42. The second-order valence-electron chi connectivity index (χ2n) is 10.3. The van der Waals surface area contributed by atoms with E-state index in [0.29, 0.717) is 34.4 Å². The summed E-state index contributed by atoms with van der Waals surface area (Å²) in [5.41, 5.74) is 0.734. The van der Waals surface area contributed by atoms with Gasteiger partial charge in [-0.15, -0.1) is 0 Å². The Morgan fingerprint density at radius 2 is 1.87 bits per heavy atom. The molecule has 1 aliphatic heterocycles. The molecule has 39 heavy (non-hydrogen) atoms. The number of anilines is 2. The van der Waals surface area contributed by atoms with E-state index in [1.165, 1.54) is 70.5 Å². The zero-order valence-corrected chi connectivity index (χ0v) is 23.5. The number of methoxy groups -OCH3 is 1. The summed E-state index contributed by atoms with van der Waals surface area (Å²) in [4.78, 5) is 24.7.